The van der Waals surface area contributed by atoms with Gasteiger partial charge in [0.25, 0.3) is 10.0 Å². The maximum Gasteiger partial charge on any atom is 0.262 e. The molecule has 0 aliphatic rings. The van der Waals surface area contributed by atoms with Crippen LogP contribution in [-0.2, 0) is 10.0 Å². The number of hydrogen-bond donors (Lipinski definition) is 1. The molecule has 0 spiro atoms. The molecule has 0 bridgehead atoms. The van der Waals surface area contributed by atoms with Gasteiger partial charge in [-0.25, -0.2) is 8.42 Å². The topological polar surface area (TPSA) is 46.2 Å². The normalized spacial score (nSPS) is 11.4. The molecule has 2 aromatic carbocycles. The van der Waals surface area contributed by atoms with Crippen LogP contribution in [0.25, 0.3) is 0 Å². The molecule has 2 rings (SSSR count). The van der Waals surface area contributed by atoms with E-state index in [4.69, 9.17) is 0 Å². The highest BCUT2D eigenvalue weighted by Crippen LogP contribution is 2.34. The van der Waals surface area contributed by atoms with Gasteiger partial charge in [-0.3, -0.25) is 4.72 Å². The number of nitrogens with one attached hydrogen (secondary N) is 1. The minimum absolute atomic E-state index is 0.277. The van der Waals surface area contributed by atoms with Crippen molar-refractivity contribution < 1.29 is 8.42 Å². The Morgan fingerprint density at radius 3 is 2.10 bits per heavy atom. The summed E-state index contributed by atoms with van der Waals surface area (Å²) in [6.07, 6.45) is 0. The van der Waals surface area contributed by atoms with Gasteiger partial charge in [0.05, 0.1) is 10.6 Å². The van der Waals surface area contributed by atoms with Gasteiger partial charge in [-0.05, 0) is 75.0 Å². The largest absolute Gasteiger partial charge is 0.277 e. The van der Waals surface area contributed by atoms with Crippen molar-refractivity contribution in [1.82, 2.24) is 0 Å². The van der Waals surface area contributed by atoms with Crippen molar-refractivity contribution in [1.29, 1.82) is 0 Å². The van der Waals surface area contributed by atoms with Gasteiger partial charge in [-0.15, -0.1) is 0 Å². The van der Waals surface area contributed by atoms with Gasteiger partial charge in [0.15, 0.2) is 0 Å². The lowest BCUT2D eigenvalue weighted by atomic mass is 10.2. The first-order valence-electron chi connectivity index (χ1n) is 5.85. The molecule has 0 saturated carbocycles. The third-order valence-electron chi connectivity index (χ3n) is 2.81. The fourth-order valence-electron chi connectivity index (χ4n) is 1.84. The average molecular weight is 419 g/mol. The molecule has 0 aliphatic heterocycles. The summed E-state index contributed by atoms with van der Waals surface area (Å²) in [5.41, 5.74) is 2.24. The molecule has 3 nitrogen and oxygen atoms in total. The Kier molecular flexibility index (Phi) is 4.56. The summed E-state index contributed by atoms with van der Waals surface area (Å²) in [7, 11) is -3.61. The van der Waals surface area contributed by atoms with Crippen molar-refractivity contribution in [2.24, 2.45) is 0 Å². The number of hydrogen-bond acceptors (Lipinski definition) is 2. The molecule has 20 heavy (non-hydrogen) atoms. The molecule has 106 valence electrons. The van der Waals surface area contributed by atoms with Crippen LogP contribution in [0.5, 0.6) is 0 Å². The van der Waals surface area contributed by atoms with E-state index in [0.29, 0.717) is 20.2 Å². The molecular weight excluding hydrogens is 406 g/mol. The predicted octanol–water partition coefficient (Wildman–Crippen LogP) is 4.63. The fourth-order valence-corrected chi connectivity index (χ4v) is 5.07. The van der Waals surface area contributed by atoms with Gasteiger partial charge in [-0.2, -0.15) is 0 Å². The molecule has 6 heteroatoms. The van der Waals surface area contributed by atoms with E-state index in [1.165, 1.54) is 0 Å². The number of sulfonamides is 1. The zero-order valence-electron chi connectivity index (χ0n) is 10.9. The summed E-state index contributed by atoms with van der Waals surface area (Å²) in [6, 6.07) is 10.6. The third-order valence-corrected chi connectivity index (χ3v) is 5.57. The zero-order valence-corrected chi connectivity index (χ0v) is 14.9. The van der Waals surface area contributed by atoms with Crippen LogP contribution in [0, 0.1) is 13.8 Å². The van der Waals surface area contributed by atoms with Gasteiger partial charge in [0, 0.05) is 8.95 Å². The van der Waals surface area contributed by atoms with Gasteiger partial charge >= 0.3 is 0 Å². The predicted molar refractivity (Wildman–Crippen MR) is 88.6 cm³/mol. The Hall–Kier alpha value is -0.850. The molecule has 0 aromatic heterocycles. The number of anilines is 1. The van der Waals surface area contributed by atoms with E-state index in [1.54, 1.807) is 25.1 Å². The van der Waals surface area contributed by atoms with Crippen molar-refractivity contribution in [3.8, 4) is 0 Å². The van der Waals surface area contributed by atoms with E-state index < -0.39 is 10.0 Å². The van der Waals surface area contributed by atoms with Crippen LogP contribution in [0.3, 0.4) is 0 Å². The molecule has 0 unspecified atom stereocenters. The smallest absolute Gasteiger partial charge is 0.262 e. The minimum atomic E-state index is -3.61. The van der Waals surface area contributed by atoms with Crippen LogP contribution < -0.4 is 4.72 Å². The molecule has 0 heterocycles. The number of aryl methyl sites for hydroxylation is 2. The van der Waals surface area contributed by atoms with Gasteiger partial charge in [-0.1, -0.05) is 18.2 Å². The lowest BCUT2D eigenvalue weighted by Gasteiger charge is -2.13. The standard InChI is InChI=1S/C14H13Br2NO2S/c1-9-7-11(15)14(12(16)8-9)17-20(18,19)13-6-4-3-5-10(13)2/h3-8,17H,1-2H3. The minimum Gasteiger partial charge on any atom is -0.277 e. The number of halogens is 2. The number of rotatable bonds is 3. The summed E-state index contributed by atoms with van der Waals surface area (Å²) in [6.45, 7) is 3.71. The molecule has 1 N–H and O–H groups in total. The van der Waals surface area contributed by atoms with E-state index in [1.807, 2.05) is 25.1 Å². The molecule has 0 saturated heterocycles. The van der Waals surface area contributed by atoms with Crippen LogP contribution in [0.15, 0.2) is 50.2 Å². The molecule has 0 aliphatic carbocycles. The van der Waals surface area contributed by atoms with E-state index in [0.717, 1.165) is 5.56 Å². The zero-order chi connectivity index (χ0) is 14.9. The quantitative estimate of drug-likeness (QED) is 0.789. The summed E-state index contributed by atoms with van der Waals surface area (Å²) in [5, 5.41) is 0. The van der Waals surface area contributed by atoms with Crippen molar-refractivity contribution >= 4 is 47.6 Å². The Balaban J connectivity index is 2.47. The van der Waals surface area contributed by atoms with Crippen LogP contribution in [0.1, 0.15) is 11.1 Å². The molecule has 2 aromatic rings. The van der Waals surface area contributed by atoms with Crippen LogP contribution in [0.2, 0.25) is 0 Å². The average Bonchev–Trinajstić information content (AvgIpc) is 2.34. The highest BCUT2D eigenvalue weighted by atomic mass is 79.9. The van der Waals surface area contributed by atoms with Crippen molar-refractivity contribution in [3.05, 3.63) is 56.5 Å². The maximum absolute atomic E-state index is 12.5. The van der Waals surface area contributed by atoms with E-state index in [-0.39, 0.29) is 4.90 Å². The Bertz CT molecular complexity index is 735. The maximum atomic E-state index is 12.5. The first-order chi connectivity index (χ1) is 9.31. The summed E-state index contributed by atoms with van der Waals surface area (Å²) in [5.74, 6) is 0. The third kappa shape index (κ3) is 3.24. The molecule has 0 atom stereocenters. The van der Waals surface area contributed by atoms with Gasteiger partial charge in [0.1, 0.15) is 0 Å². The monoisotopic (exact) mass is 417 g/mol. The lowest BCUT2D eigenvalue weighted by Crippen LogP contribution is -2.15. The summed E-state index contributed by atoms with van der Waals surface area (Å²) >= 11 is 6.77. The summed E-state index contributed by atoms with van der Waals surface area (Å²) in [4.78, 5) is 0.277. The van der Waals surface area contributed by atoms with E-state index in [2.05, 4.69) is 36.6 Å². The first-order valence-corrected chi connectivity index (χ1v) is 8.92. The summed E-state index contributed by atoms with van der Waals surface area (Å²) < 4.78 is 28.9. The van der Waals surface area contributed by atoms with Gasteiger partial charge in [0.2, 0.25) is 0 Å². The second-order valence-electron chi connectivity index (χ2n) is 4.47. The van der Waals surface area contributed by atoms with Gasteiger partial charge < -0.3 is 0 Å². The molecule has 0 radical (unpaired) electrons. The van der Waals surface area contributed by atoms with Crippen LogP contribution in [-0.4, -0.2) is 8.42 Å². The fraction of sp³-hybridized carbons (Fsp3) is 0.143. The molecular formula is C14H13Br2NO2S. The molecule has 0 amide bonds. The second kappa shape index (κ2) is 5.87. The van der Waals surface area contributed by atoms with E-state index >= 15 is 0 Å². The van der Waals surface area contributed by atoms with Crippen molar-refractivity contribution in [3.63, 3.8) is 0 Å². The highest BCUT2D eigenvalue weighted by Gasteiger charge is 2.19. The van der Waals surface area contributed by atoms with Crippen molar-refractivity contribution in [2.45, 2.75) is 18.7 Å². The SMILES string of the molecule is Cc1cc(Br)c(NS(=O)(=O)c2ccccc2C)c(Br)c1. The highest BCUT2D eigenvalue weighted by molar-refractivity contribution is 9.11. The Morgan fingerprint density at radius 1 is 1.00 bits per heavy atom. The first kappa shape index (κ1) is 15.5. The Labute approximate surface area is 135 Å². The number of benzene rings is 2. The van der Waals surface area contributed by atoms with Crippen LogP contribution in [0.4, 0.5) is 5.69 Å². The Morgan fingerprint density at radius 2 is 1.55 bits per heavy atom. The van der Waals surface area contributed by atoms with Crippen LogP contribution >= 0.6 is 31.9 Å². The molecule has 0 fully saturated rings. The van der Waals surface area contributed by atoms with Crippen molar-refractivity contribution in [2.75, 3.05) is 4.72 Å². The second-order valence-corrected chi connectivity index (χ2v) is 7.83. The lowest BCUT2D eigenvalue weighted by molar-refractivity contribution is 0.600. The van der Waals surface area contributed by atoms with E-state index in [9.17, 15) is 8.42 Å².